The van der Waals surface area contributed by atoms with E-state index in [0.29, 0.717) is 0 Å². The Bertz CT molecular complexity index is 554. The predicted molar refractivity (Wildman–Crippen MR) is 105 cm³/mol. The van der Waals surface area contributed by atoms with Gasteiger partial charge in [-0.15, -0.1) is 11.8 Å². The summed E-state index contributed by atoms with van der Waals surface area (Å²) in [6.07, 6.45) is 1.49. The summed E-state index contributed by atoms with van der Waals surface area (Å²) in [6.45, 7) is 5.84. The first-order valence-corrected chi connectivity index (χ1v) is 10.2. The molecule has 0 aliphatic carbocycles. The summed E-state index contributed by atoms with van der Waals surface area (Å²) in [7, 11) is 4.03. The maximum Gasteiger partial charge on any atom is 0.193 e. The van der Waals surface area contributed by atoms with E-state index in [-0.39, 0.29) is 6.10 Å². The summed E-state index contributed by atoms with van der Waals surface area (Å²) in [6, 6.07) is 10.7. The van der Waals surface area contributed by atoms with Gasteiger partial charge in [0, 0.05) is 50.4 Å². The Morgan fingerprint density at radius 3 is 2.88 bits per heavy atom. The van der Waals surface area contributed by atoms with Crippen molar-refractivity contribution in [3.8, 4) is 0 Å². The fourth-order valence-corrected chi connectivity index (χ4v) is 4.47. The first-order valence-electron chi connectivity index (χ1n) is 9.18. The number of ether oxygens (including phenoxy) is 1. The van der Waals surface area contributed by atoms with Crippen LogP contribution in [0.2, 0.25) is 0 Å². The van der Waals surface area contributed by atoms with E-state index in [1.165, 1.54) is 17.1 Å². The normalized spacial score (nSPS) is 25.4. The number of hydrogen-bond donors (Lipinski definition) is 1. The van der Waals surface area contributed by atoms with Crippen molar-refractivity contribution in [3.63, 3.8) is 0 Å². The molecule has 6 heteroatoms. The van der Waals surface area contributed by atoms with Gasteiger partial charge in [-0.3, -0.25) is 4.99 Å². The lowest BCUT2D eigenvalue weighted by Gasteiger charge is -2.31. The lowest BCUT2D eigenvalue weighted by Crippen LogP contribution is -2.49. The first-order chi connectivity index (χ1) is 12.2. The Balaban J connectivity index is 1.41. The van der Waals surface area contributed by atoms with Gasteiger partial charge in [-0.2, -0.15) is 0 Å². The molecule has 0 amide bonds. The van der Waals surface area contributed by atoms with E-state index in [1.54, 1.807) is 0 Å². The number of aliphatic imine (C=N–C) groups is 1. The second-order valence-electron chi connectivity index (χ2n) is 6.91. The Morgan fingerprint density at radius 1 is 1.28 bits per heavy atom. The highest BCUT2D eigenvalue weighted by molar-refractivity contribution is 7.99. The van der Waals surface area contributed by atoms with Crippen LogP contribution in [0, 0.1) is 5.92 Å². The molecule has 2 atom stereocenters. The second-order valence-corrected chi connectivity index (χ2v) is 8.00. The number of hydrogen-bond acceptors (Lipinski definition) is 4. The number of morpholine rings is 1. The van der Waals surface area contributed by atoms with Crippen LogP contribution in [0.25, 0.3) is 0 Å². The van der Waals surface area contributed by atoms with Crippen molar-refractivity contribution in [1.29, 1.82) is 0 Å². The van der Waals surface area contributed by atoms with Crippen LogP contribution in [0.3, 0.4) is 0 Å². The average Bonchev–Trinajstić information content (AvgIpc) is 3.10. The molecular weight excluding hydrogens is 332 g/mol. The van der Waals surface area contributed by atoms with Gasteiger partial charge in [0.05, 0.1) is 12.7 Å². The van der Waals surface area contributed by atoms with Crippen molar-refractivity contribution < 1.29 is 4.74 Å². The lowest BCUT2D eigenvalue weighted by molar-refractivity contribution is -0.0163. The molecule has 5 nitrogen and oxygen atoms in total. The number of thioether (sulfide) groups is 1. The highest BCUT2D eigenvalue weighted by Crippen LogP contribution is 2.25. The van der Waals surface area contributed by atoms with Crippen LogP contribution < -0.4 is 5.32 Å². The molecule has 0 saturated carbocycles. The number of nitrogens with zero attached hydrogens (tertiary/aromatic N) is 3. The number of benzene rings is 1. The van der Waals surface area contributed by atoms with Gasteiger partial charge in [-0.1, -0.05) is 18.2 Å². The molecule has 2 heterocycles. The molecule has 2 saturated heterocycles. The first kappa shape index (κ1) is 18.5. The van der Waals surface area contributed by atoms with E-state index in [2.05, 4.69) is 57.5 Å². The van der Waals surface area contributed by atoms with Crippen LogP contribution in [0.1, 0.15) is 6.42 Å². The van der Waals surface area contributed by atoms with Gasteiger partial charge in [0.15, 0.2) is 5.96 Å². The minimum absolute atomic E-state index is 0.252. The van der Waals surface area contributed by atoms with Crippen molar-refractivity contribution in [3.05, 3.63) is 30.3 Å². The molecule has 2 fully saturated rings. The number of likely N-dealkylation sites (tertiary alicyclic amines) is 1. The largest absolute Gasteiger partial charge is 0.374 e. The second kappa shape index (κ2) is 9.46. The van der Waals surface area contributed by atoms with Crippen molar-refractivity contribution in [2.75, 3.05) is 59.2 Å². The Kier molecular flexibility index (Phi) is 7.02. The number of rotatable bonds is 5. The summed E-state index contributed by atoms with van der Waals surface area (Å²) >= 11 is 1.96. The van der Waals surface area contributed by atoms with Crippen LogP contribution in [-0.2, 0) is 4.74 Å². The molecular formula is C19H30N4OS. The monoisotopic (exact) mass is 362 g/mol. The molecule has 25 heavy (non-hydrogen) atoms. The quantitative estimate of drug-likeness (QED) is 0.493. The molecule has 2 aliphatic rings. The summed E-state index contributed by atoms with van der Waals surface area (Å²) in [5.41, 5.74) is 0. The van der Waals surface area contributed by atoms with Gasteiger partial charge < -0.3 is 19.9 Å². The minimum Gasteiger partial charge on any atom is -0.374 e. The van der Waals surface area contributed by atoms with Crippen LogP contribution in [0.15, 0.2) is 40.2 Å². The van der Waals surface area contributed by atoms with Crippen molar-refractivity contribution >= 4 is 17.7 Å². The Hall–Kier alpha value is -1.24. The zero-order valence-corrected chi connectivity index (χ0v) is 16.2. The highest BCUT2D eigenvalue weighted by atomic mass is 32.2. The fourth-order valence-electron chi connectivity index (χ4n) is 3.42. The molecule has 2 unspecified atom stereocenters. The SMILES string of the molecule is CN=C(NCC1CN(C)CCO1)N1CCC(CSc2ccccc2)C1. The molecule has 3 rings (SSSR count). The van der Waals surface area contributed by atoms with Gasteiger partial charge in [-0.05, 0) is 31.5 Å². The number of likely N-dealkylation sites (N-methyl/N-ethyl adjacent to an activating group) is 1. The maximum absolute atomic E-state index is 5.83. The van der Waals surface area contributed by atoms with E-state index in [0.717, 1.165) is 51.2 Å². The summed E-state index contributed by atoms with van der Waals surface area (Å²) < 4.78 is 5.83. The fraction of sp³-hybridized carbons (Fsp3) is 0.632. The van der Waals surface area contributed by atoms with Gasteiger partial charge in [-0.25, -0.2) is 0 Å². The number of guanidine groups is 1. The van der Waals surface area contributed by atoms with E-state index in [9.17, 15) is 0 Å². The zero-order chi connectivity index (χ0) is 17.5. The molecule has 0 spiro atoms. The lowest BCUT2D eigenvalue weighted by atomic mass is 10.2. The zero-order valence-electron chi connectivity index (χ0n) is 15.4. The predicted octanol–water partition coefficient (Wildman–Crippen LogP) is 2.01. The standard InChI is InChI=1S/C19H30N4OS/c1-20-19(21-12-17-14-22(2)10-11-24-17)23-9-8-16(13-23)15-25-18-6-4-3-5-7-18/h3-7,16-17H,8-15H2,1-2H3,(H,20,21). The molecule has 1 aromatic carbocycles. The molecule has 0 radical (unpaired) electrons. The third kappa shape index (κ3) is 5.62. The summed E-state index contributed by atoms with van der Waals surface area (Å²) in [5, 5.41) is 3.51. The minimum atomic E-state index is 0.252. The molecule has 138 valence electrons. The van der Waals surface area contributed by atoms with Gasteiger partial charge in [0.25, 0.3) is 0 Å². The topological polar surface area (TPSA) is 40.1 Å². The van der Waals surface area contributed by atoms with Crippen molar-refractivity contribution in [2.24, 2.45) is 10.9 Å². The van der Waals surface area contributed by atoms with Gasteiger partial charge >= 0.3 is 0 Å². The summed E-state index contributed by atoms with van der Waals surface area (Å²) in [5.74, 6) is 2.92. The third-order valence-corrected chi connectivity index (χ3v) is 6.10. The molecule has 2 aliphatic heterocycles. The summed E-state index contributed by atoms with van der Waals surface area (Å²) in [4.78, 5) is 10.6. The Labute approximate surface area is 155 Å². The Morgan fingerprint density at radius 2 is 2.12 bits per heavy atom. The third-order valence-electron chi connectivity index (χ3n) is 4.86. The number of nitrogens with one attached hydrogen (secondary N) is 1. The average molecular weight is 363 g/mol. The van der Waals surface area contributed by atoms with Crippen LogP contribution in [0.5, 0.6) is 0 Å². The van der Waals surface area contributed by atoms with E-state index in [4.69, 9.17) is 4.74 Å². The van der Waals surface area contributed by atoms with Crippen LogP contribution in [-0.4, -0.2) is 81.0 Å². The van der Waals surface area contributed by atoms with Gasteiger partial charge in [0.1, 0.15) is 0 Å². The maximum atomic E-state index is 5.83. The van der Waals surface area contributed by atoms with Gasteiger partial charge in [0.2, 0.25) is 0 Å². The molecule has 0 bridgehead atoms. The van der Waals surface area contributed by atoms with Crippen LogP contribution in [0.4, 0.5) is 0 Å². The van der Waals surface area contributed by atoms with E-state index >= 15 is 0 Å². The molecule has 1 aromatic rings. The van der Waals surface area contributed by atoms with Crippen molar-refractivity contribution in [1.82, 2.24) is 15.1 Å². The van der Waals surface area contributed by atoms with E-state index in [1.807, 2.05) is 18.8 Å². The smallest absolute Gasteiger partial charge is 0.193 e. The molecule has 0 aromatic heterocycles. The van der Waals surface area contributed by atoms with Crippen molar-refractivity contribution in [2.45, 2.75) is 17.4 Å². The highest BCUT2D eigenvalue weighted by Gasteiger charge is 2.26. The van der Waals surface area contributed by atoms with Crippen LogP contribution >= 0.6 is 11.8 Å². The van der Waals surface area contributed by atoms with E-state index < -0.39 is 0 Å². The molecule has 1 N–H and O–H groups in total.